The number of hydrogen-bond donors (Lipinski definition) is 1. The first-order valence-corrected chi connectivity index (χ1v) is 9.59. The SMILES string of the molecule is COc1ccc(CN2CCCC(c3nc(-c4ccccn4)cc(=O)[nH]3)C2)cc1. The fourth-order valence-corrected chi connectivity index (χ4v) is 3.73. The summed E-state index contributed by atoms with van der Waals surface area (Å²) in [7, 11) is 1.68. The summed E-state index contributed by atoms with van der Waals surface area (Å²) in [4.78, 5) is 26.6. The number of nitrogens with one attached hydrogen (secondary N) is 1. The molecule has 0 bridgehead atoms. The fourth-order valence-electron chi connectivity index (χ4n) is 3.73. The summed E-state index contributed by atoms with van der Waals surface area (Å²) in [5, 5.41) is 0. The Morgan fingerprint density at radius 3 is 2.79 bits per heavy atom. The molecule has 2 aromatic heterocycles. The van der Waals surface area contributed by atoms with Crippen molar-refractivity contribution in [3.8, 4) is 17.1 Å². The van der Waals surface area contributed by atoms with Crippen molar-refractivity contribution in [1.29, 1.82) is 0 Å². The summed E-state index contributed by atoms with van der Waals surface area (Å²) in [6.07, 6.45) is 3.82. The largest absolute Gasteiger partial charge is 0.497 e. The van der Waals surface area contributed by atoms with Gasteiger partial charge in [0.25, 0.3) is 5.56 Å². The van der Waals surface area contributed by atoms with E-state index < -0.39 is 0 Å². The van der Waals surface area contributed by atoms with Gasteiger partial charge < -0.3 is 9.72 Å². The van der Waals surface area contributed by atoms with Crippen molar-refractivity contribution in [3.63, 3.8) is 0 Å². The van der Waals surface area contributed by atoms with Gasteiger partial charge in [-0.3, -0.25) is 14.7 Å². The van der Waals surface area contributed by atoms with Crippen LogP contribution in [0.2, 0.25) is 0 Å². The molecule has 6 nitrogen and oxygen atoms in total. The first kappa shape index (κ1) is 18.4. The number of nitrogens with zero attached hydrogens (tertiary/aromatic N) is 3. The molecule has 0 radical (unpaired) electrons. The van der Waals surface area contributed by atoms with E-state index in [2.05, 4.69) is 27.0 Å². The minimum Gasteiger partial charge on any atom is -0.497 e. The molecule has 28 heavy (non-hydrogen) atoms. The molecule has 1 unspecified atom stereocenters. The van der Waals surface area contributed by atoms with Gasteiger partial charge in [-0.1, -0.05) is 18.2 Å². The maximum atomic E-state index is 12.2. The average Bonchev–Trinajstić information content (AvgIpc) is 2.75. The van der Waals surface area contributed by atoms with Crippen molar-refractivity contribution in [2.24, 2.45) is 0 Å². The van der Waals surface area contributed by atoms with E-state index >= 15 is 0 Å². The van der Waals surface area contributed by atoms with E-state index in [4.69, 9.17) is 9.72 Å². The monoisotopic (exact) mass is 376 g/mol. The summed E-state index contributed by atoms with van der Waals surface area (Å²) >= 11 is 0. The molecular formula is C22H24N4O2. The molecule has 144 valence electrons. The van der Waals surface area contributed by atoms with Crippen LogP contribution in [0.25, 0.3) is 11.4 Å². The lowest BCUT2D eigenvalue weighted by molar-refractivity contribution is 0.196. The van der Waals surface area contributed by atoms with Crippen molar-refractivity contribution in [2.45, 2.75) is 25.3 Å². The van der Waals surface area contributed by atoms with Gasteiger partial charge in [0, 0.05) is 31.3 Å². The molecule has 1 N–H and O–H groups in total. The van der Waals surface area contributed by atoms with Crippen molar-refractivity contribution in [3.05, 3.63) is 76.5 Å². The number of piperidine rings is 1. The van der Waals surface area contributed by atoms with E-state index in [0.717, 1.165) is 49.7 Å². The lowest BCUT2D eigenvalue weighted by atomic mass is 9.96. The summed E-state index contributed by atoms with van der Waals surface area (Å²) in [6, 6.07) is 15.3. The molecule has 0 saturated carbocycles. The number of ether oxygens (including phenoxy) is 1. The summed E-state index contributed by atoms with van der Waals surface area (Å²) in [6.45, 7) is 2.80. The zero-order valence-corrected chi connectivity index (χ0v) is 16.0. The Kier molecular flexibility index (Phi) is 5.48. The van der Waals surface area contributed by atoms with Gasteiger partial charge in [-0.2, -0.15) is 0 Å². The van der Waals surface area contributed by atoms with E-state index in [-0.39, 0.29) is 11.5 Å². The van der Waals surface area contributed by atoms with Crippen molar-refractivity contribution < 1.29 is 4.74 Å². The first-order chi connectivity index (χ1) is 13.7. The minimum atomic E-state index is -0.127. The van der Waals surface area contributed by atoms with E-state index in [1.165, 1.54) is 11.6 Å². The van der Waals surface area contributed by atoms with Crippen molar-refractivity contribution >= 4 is 0 Å². The number of methoxy groups -OCH3 is 1. The van der Waals surface area contributed by atoms with Crippen LogP contribution in [0.4, 0.5) is 0 Å². The molecule has 1 aliphatic heterocycles. The molecule has 4 rings (SSSR count). The van der Waals surface area contributed by atoms with Crippen molar-refractivity contribution in [1.82, 2.24) is 19.9 Å². The number of H-pyrrole nitrogens is 1. The molecule has 1 atom stereocenters. The second-order valence-electron chi connectivity index (χ2n) is 7.15. The topological polar surface area (TPSA) is 71.1 Å². The third kappa shape index (κ3) is 4.28. The quantitative estimate of drug-likeness (QED) is 0.740. The highest BCUT2D eigenvalue weighted by atomic mass is 16.5. The number of pyridine rings is 1. The van der Waals surface area contributed by atoms with Gasteiger partial charge in [0.1, 0.15) is 11.6 Å². The number of rotatable bonds is 5. The van der Waals surface area contributed by atoms with E-state index in [9.17, 15) is 4.79 Å². The number of benzene rings is 1. The Morgan fingerprint density at radius 1 is 1.18 bits per heavy atom. The second kappa shape index (κ2) is 8.35. The van der Waals surface area contributed by atoms with Crippen LogP contribution in [0, 0.1) is 0 Å². The molecule has 6 heteroatoms. The maximum absolute atomic E-state index is 12.2. The number of aromatic nitrogens is 3. The molecular weight excluding hydrogens is 352 g/mol. The van der Waals surface area contributed by atoms with Crippen LogP contribution in [0.3, 0.4) is 0 Å². The summed E-state index contributed by atoms with van der Waals surface area (Å²) < 4.78 is 5.23. The number of aromatic amines is 1. The minimum absolute atomic E-state index is 0.127. The Bertz CT molecular complexity index is 970. The molecule has 0 spiro atoms. The summed E-state index contributed by atoms with van der Waals surface area (Å²) in [5.41, 5.74) is 2.48. The Morgan fingerprint density at radius 2 is 2.04 bits per heavy atom. The van der Waals surface area contributed by atoms with Gasteiger partial charge in [-0.15, -0.1) is 0 Å². The van der Waals surface area contributed by atoms with E-state index in [1.54, 1.807) is 13.3 Å². The summed E-state index contributed by atoms with van der Waals surface area (Å²) in [5.74, 6) is 1.84. The molecule has 3 aromatic rings. The first-order valence-electron chi connectivity index (χ1n) is 9.59. The van der Waals surface area contributed by atoms with E-state index in [0.29, 0.717) is 5.69 Å². The predicted molar refractivity (Wildman–Crippen MR) is 108 cm³/mol. The van der Waals surface area contributed by atoms with Crippen LogP contribution in [0.15, 0.2) is 59.5 Å². The van der Waals surface area contributed by atoms with Crippen LogP contribution < -0.4 is 10.3 Å². The van der Waals surface area contributed by atoms with Crippen LogP contribution in [-0.2, 0) is 6.54 Å². The Balaban J connectivity index is 1.51. The van der Waals surface area contributed by atoms with Gasteiger partial charge in [0.2, 0.25) is 0 Å². The van der Waals surface area contributed by atoms with Crippen molar-refractivity contribution in [2.75, 3.05) is 20.2 Å². The maximum Gasteiger partial charge on any atom is 0.251 e. The Labute approximate surface area is 164 Å². The van der Waals surface area contributed by atoms with Gasteiger partial charge in [0.05, 0.1) is 18.5 Å². The molecule has 1 aromatic carbocycles. The number of likely N-dealkylation sites (tertiary alicyclic amines) is 1. The second-order valence-corrected chi connectivity index (χ2v) is 7.15. The predicted octanol–water partition coefficient (Wildman–Crippen LogP) is 3.22. The highest BCUT2D eigenvalue weighted by molar-refractivity contribution is 5.52. The molecule has 0 amide bonds. The zero-order chi connectivity index (χ0) is 19.3. The lowest BCUT2D eigenvalue weighted by Gasteiger charge is -2.32. The average molecular weight is 376 g/mol. The zero-order valence-electron chi connectivity index (χ0n) is 16.0. The van der Waals surface area contributed by atoms with Gasteiger partial charge >= 0.3 is 0 Å². The standard InChI is InChI=1S/C22H24N4O2/c1-28-18-9-7-16(8-10-18)14-26-12-4-5-17(15-26)22-24-20(13-21(27)25-22)19-6-2-3-11-23-19/h2-3,6-11,13,17H,4-5,12,14-15H2,1H3,(H,24,25,27). The van der Waals surface area contributed by atoms with E-state index in [1.807, 2.05) is 30.3 Å². The lowest BCUT2D eigenvalue weighted by Crippen LogP contribution is -2.35. The normalized spacial score (nSPS) is 17.4. The van der Waals surface area contributed by atoms with Crippen LogP contribution >= 0.6 is 0 Å². The molecule has 1 saturated heterocycles. The van der Waals surface area contributed by atoms with Crippen LogP contribution in [-0.4, -0.2) is 40.1 Å². The van der Waals surface area contributed by atoms with Gasteiger partial charge in [0.15, 0.2) is 0 Å². The number of hydrogen-bond acceptors (Lipinski definition) is 5. The Hall–Kier alpha value is -2.99. The highest BCUT2D eigenvalue weighted by Gasteiger charge is 2.24. The molecule has 1 fully saturated rings. The van der Waals surface area contributed by atoms with Crippen LogP contribution in [0.1, 0.15) is 30.1 Å². The molecule has 3 heterocycles. The third-order valence-corrected chi connectivity index (χ3v) is 5.14. The van der Waals surface area contributed by atoms with Gasteiger partial charge in [-0.25, -0.2) is 4.98 Å². The molecule has 1 aliphatic rings. The van der Waals surface area contributed by atoms with Gasteiger partial charge in [-0.05, 0) is 49.2 Å². The molecule has 0 aliphatic carbocycles. The third-order valence-electron chi connectivity index (χ3n) is 5.14. The van der Waals surface area contributed by atoms with Crippen LogP contribution in [0.5, 0.6) is 5.75 Å². The highest BCUT2D eigenvalue weighted by Crippen LogP contribution is 2.26. The fraction of sp³-hybridized carbons (Fsp3) is 0.318. The smallest absolute Gasteiger partial charge is 0.251 e.